The van der Waals surface area contributed by atoms with Gasteiger partial charge in [-0.25, -0.2) is 9.97 Å². The maximum Gasteiger partial charge on any atom is 0.188 e. The topological polar surface area (TPSA) is 70.6 Å². The van der Waals surface area contributed by atoms with E-state index in [2.05, 4.69) is 45.7 Å². The molecule has 166 valence electrons. The molecule has 31 heavy (non-hydrogen) atoms. The molecule has 0 spiro atoms. The standard InChI is InChI=1S/C23H31N5O2S/c1-3-20(29)12-18-4-6-28(7-5-18)22-14-19(16-27-8-10-30-11-9-27)13-21(25-22)26-23-24-15-17(2)31-23/h3,13-15,18H,1,4-12,16H2,2H3,(H,24,25,26). The minimum Gasteiger partial charge on any atom is -0.379 e. The van der Waals surface area contributed by atoms with Gasteiger partial charge < -0.3 is 15.0 Å². The lowest BCUT2D eigenvalue weighted by atomic mass is 9.91. The van der Waals surface area contributed by atoms with E-state index in [9.17, 15) is 4.79 Å². The number of carbonyl (C=O) groups is 1. The lowest BCUT2D eigenvalue weighted by Crippen LogP contribution is -2.36. The van der Waals surface area contributed by atoms with E-state index in [1.165, 1.54) is 16.5 Å². The predicted molar refractivity (Wildman–Crippen MR) is 125 cm³/mol. The molecule has 0 atom stereocenters. The Morgan fingerprint density at radius 1 is 1.29 bits per heavy atom. The summed E-state index contributed by atoms with van der Waals surface area (Å²) in [6.07, 6.45) is 5.94. The molecule has 2 aliphatic rings. The molecular weight excluding hydrogens is 410 g/mol. The van der Waals surface area contributed by atoms with Gasteiger partial charge in [-0.15, -0.1) is 11.3 Å². The van der Waals surface area contributed by atoms with Gasteiger partial charge in [-0.2, -0.15) is 0 Å². The number of carbonyl (C=O) groups excluding carboxylic acids is 1. The first kappa shape index (κ1) is 21.9. The number of ether oxygens (including phenoxy) is 1. The molecule has 4 rings (SSSR count). The van der Waals surface area contributed by atoms with Crippen LogP contribution < -0.4 is 10.2 Å². The summed E-state index contributed by atoms with van der Waals surface area (Å²) in [4.78, 5) is 27.0. The van der Waals surface area contributed by atoms with Crippen LogP contribution in [-0.4, -0.2) is 60.0 Å². The third-order valence-electron chi connectivity index (χ3n) is 5.89. The average molecular weight is 442 g/mol. The summed E-state index contributed by atoms with van der Waals surface area (Å²) in [5, 5.41) is 4.26. The van der Waals surface area contributed by atoms with Crippen molar-refractivity contribution < 1.29 is 9.53 Å². The highest BCUT2D eigenvalue weighted by atomic mass is 32.1. The van der Waals surface area contributed by atoms with Crippen LogP contribution in [0.2, 0.25) is 0 Å². The fraction of sp³-hybridized carbons (Fsp3) is 0.522. The molecule has 2 aromatic rings. The number of nitrogens with zero attached hydrogens (tertiary/aromatic N) is 4. The van der Waals surface area contributed by atoms with Crippen molar-refractivity contribution in [3.63, 3.8) is 0 Å². The van der Waals surface area contributed by atoms with Gasteiger partial charge in [0.05, 0.1) is 13.2 Å². The van der Waals surface area contributed by atoms with E-state index >= 15 is 0 Å². The van der Waals surface area contributed by atoms with Gasteiger partial charge in [-0.3, -0.25) is 9.69 Å². The highest BCUT2D eigenvalue weighted by Gasteiger charge is 2.23. The molecule has 0 unspecified atom stereocenters. The normalized spacial score (nSPS) is 18.2. The molecule has 0 amide bonds. The molecule has 0 aromatic carbocycles. The van der Waals surface area contributed by atoms with Gasteiger partial charge in [0.2, 0.25) is 0 Å². The molecule has 2 aromatic heterocycles. The number of pyridine rings is 1. The van der Waals surface area contributed by atoms with E-state index in [1.807, 2.05) is 6.20 Å². The van der Waals surface area contributed by atoms with Gasteiger partial charge in [0.15, 0.2) is 10.9 Å². The maximum absolute atomic E-state index is 11.7. The Hall–Kier alpha value is -2.29. The van der Waals surface area contributed by atoms with E-state index in [-0.39, 0.29) is 5.78 Å². The van der Waals surface area contributed by atoms with Crippen LogP contribution in [-0.2, 0) is 16.1 Å². The van der Waals surface area contributed by atoms with Crippen molar-refractivity contribution in [2.75, 3.05) is 49.6 Å². The van der Waals surface area contributed by atoms with Crippen LogP contribution in [0.4, 0.5) is 16.8 Å². The van der Waals surface area contributed by atoms with E-state index < -0.39 is 0 Å². The number of ketones is 1. The summed E-state index contributed by atoms with van der Waals surface area (Å²) >= 11 is 1.63. The Balaban J connectivity index is 1.49. The number of morpholine rings is 1. The minimum absolute atomic E-state index is 0.148. The van der Waals surface area contributed by atoms with Gasteiger partial charge >= 0.3 is 0 Å². The fourth-order valence-electron chi connectivity index (χ4n) is 4.16. The second-order valence-electron chi connectivity index (χ2n) is 8.31. The molecule has 2 fully saturated rings. The summed E-state index contributed by atoms with van der Waals surface area (Å²) in [5.41, 5.74) is 1.24. The molecule has 2 aliphatic heterocycles. The first-order chi connectivity index (χ1) is 15.1. The Labute approximate surface area is 188 Å². The summed E-state index contributed by atoms with van der Waals surface area (Å²) < 4.78 is 5.50. The lowest BCUT2D eigenvalue weighted by molar-refractivity contribution is -0.115. The van der Waals surface area contributed by atoms with E-state index in [4.69, 9.17) is 9.72 Å². The number of hydrogen-bond donors (Lipinski definition) is 1. The molecule has 0 bridgehead atoms. The third-order valence-corrected chi connectivity index (χ3v) is 6.72. The monoisotopic (exact) mass is 441 g/mol. The number of aromatic nitrogens is 2. The average Bonchev–Trinajstić information content (AvgIpc) is 3.19. The van der Waals surface area contributed by atoms with Crippen LogP contribution in [0, 0.1) is 12.8 Å². The number of aryl methyl sites for hydroxylation is 1. The van der Waals surface area contributed by atoms with Crippen LogP contribution in [0.5, 0.6) is 0 Å². The zero-order valence-electron chi connectivity index (χ0n) is 18.2. The summed E-state index contributed by atoms with van der Waals surface area (Å²) in [7, 11) is 0. The lowest BCUT2D eigenvalue weighted by Gasteiger charge is -2.33. The fourth-order valence-corrected chi connectivity index (χ4v) is 4.83. The van der Waals surface area contributed by atoms with E-state index in [0.29, 0.717) is 12.3 Å². The Bertz CT molecular complexity index is 901. The number of nitrogens with one attached hydrogen (secondary N) is 1. The zero-order chi connectivity index (χ0) is 21.6. The van der Waals surface area contributed by atoms with Gasteiger partial charge in [0, 0.05) is 50.2 Å². The third kappa shape index (κ3) is 6.12. The molecule has 4 heterocycles. The minimum atomic E-state index is 0.148. The summed E-state index contributed by atoms with van der Waals surface area (Å²) in [6, 6.07) is 4.34. The first-order valence-corrected chi connectivity index (χ1v) is 11.8. The van der Waals surface area contributed by atoms with E-state index in [1.54, 1.807) is 11.3 Å². The van der Waals surface area contributed by atoms with Gasteiger partial charge in [0.1, 0.15) is 11.6 Å². The first-order valence-electron chi connectivity index (χ1n) is 11.0. The van der Waals surface area contributed by atoms with Gasteiger partial charge in [0.25, 0.3) is 0 Å². The number of thiazole rings is 1. The molecule has 7 nitrogen and oxygen atoms in total. The molecule has 8 heteroatoms. The highest BCUT2D eigenvalue weighted by Crippen LogP contribution is 2.28. The van der Waals surface area contributed by atoms with Crippen molar-refractivity contribution in [2.45, 2.75) is 32.7 Å². The van der Waals surface area contributed by atoms with Gasteiger partial charge in [-0.05, 0) is 49.5 Å². The van der Waals surface area contributed by atoms with Crippen molar-refractivity contribution in [2.24, 2.45) is 5.92 Å². The SMILES string of the molecule is C=CC(=O)CC1CCN(c2cc(CN3CCOCC3)cc(Nc3ncc(C)s3)n2)CC1. The molecule has 0 aliphatic carbocycles. The number of rotatable bonds is 8. The van der Waals surface area contributed by atoms with Crippen LogP contribution in [0.15, 0.2) is 31.0 Å². The van der Waals surface area contributed by atoms with Crippen molar-refractivity contribution >= 4 is 33.9 Å². The van der Waals surface area contributed by atoms with Crippen LogP contribution in [0.3, 0.4) is 0 Å². The zero-order valence-corrected chi connectivity index (χ0v) is 19.0. The largest absolute Gasteiger partial charge is 0.379 e. The second-order valence-corrected chi connectivity index (χ2v) is 9.55. The Morgan fingerprint density at radius 3 is 2.74 bits per heavy atom. The molecule has 1 N–H and O–H groups in total. The Kier molecular flexibility index (Phi) is 7.32. The maximum atomic E-state index is 11.7. The molecule has 0 radical (unpaired) electrons. The quantitative estimate of drug-likeness (QED) is 0.625. The molecule has 0 saturated carbocycles. The highest BCUT2D eigenvalue weighted by molar-refractivity contribution is 7.15. The van der Waals surface area contributed by atoms with E-state index in [0.717, 1.165) is 75.5 Å². The Morgan fingerprint density at radius 2 is 2.06 bits per heavy atom. The smallest absolute Gasteiger partial charge is 0.188 e. The number of allylic oxidation sites excluding steroid dienone is 1. The van der Waals surface area contributed by atoms with Crippen LogP contribution >= 0.6 is 11.3 Å². The number of hydrogen-bond acceptors (Lipinski definition) is 8. The predicted octanol–water partition coefficient (Wildman–Crippen LogP) is 3.78. The molecule has 2 saturated heterocycles. The molecular formula is C23H31N5O2S. The van der Waals surface area contributed by atoms with Crippen molar-refractivity contribution in [3.05, 3.63) is 41.4 Å². The van der Waals surface area contributed by atoms with Crippen LogP contribution in [0.1, 0.15) is 29.7 Å². The summed E-state index contributed by atoms with van der Waals surface area (Å²) in [5.74, 6) is 2.41. The van der Waals surface area contributed by atoms with Crippen molar-refractivity contribution in [1.29, 1.82) is 0 Å². The van der Waals surface area contributed by atoms with Gasteiger partial charge in [-0.1, -0.05) is 6.58 Å². The van der Waals surface area contributed by atoms with Crippen LogP contribution in [0.25, 0.3) is 0 Å². The number of anilines is 3. The van der Waals surface area contributed by atoms with Crippen molar-refractivity contribution in [3.8, 4) is 0 Å². The summed E-state index contributed by atoms with van der Waals surface area (Å²) in [6.45, 7) is 11.9. The second kappa shape index (κ2) is 10.3. The number of piperidine rings is 1. The van der Waals surface area contributed by atoms with Crippen molar-refractivity contribution in [1.82, 2.24) is 14.9 Å².